The summed E-state index contributed by atoms with van der Waals surface area (Å²) in [6.45, 7) is 0. The third-order valence-electron chi connectivity index (χ3n) is 4.87. The maximum Gasteiger partial charge on any atom is 0.416 e. The monoisotopic (exact) mass is 427 g/mol. The molecule has 0 bridgehead atoms. The van der Waals surface area contributed by atoms with E-state index in [-0.39, 0.29) is 5.56 Å². The smallest absolute Gasteiger partial charge is 0.416 e. The van der Waals surface area contributed by atoms with E-state index in [1.165, 1.54) is 7.11 Å². The zero-order valence-corrected chi connectivity index (χ0v) is 16.6. The van der Waals surface area contributed by atoms with E-state index in [0.717, 1.165) is 35.4 Å². The van der Waals surface area contributed by atoms with Gasteiger partial charge in [-0.25, -0.2) is 4.79 Å². The minimum Gasteiger partial charge on any atom is -0.467 e. The standard InChI is InChI=1S/C24H20F3NO3/c1-31-23(30)21(28-22(29)18-12-14-19(15-13-18)24(25,26)27)20(16-8-4-2-5-9-16)17-10-6-3-7-11-17/h2-15,20-21H,1H3,(H,28,29)/t21-/m1/s1. The van der Waals surface area contributed by atoms with E-state index in [1.807, 2.05) is 60.7 Å². The molecule has 160 valence electrons. The minimum atomic E-state index is -4.50. The van der Waals surface area contributed by atoms with Crippen LogP contribution < -0.4 is 5.32 Å². The number of hydrogen-bond donors (Lipinski definition) is 1. The first-order chi connectivity index (χ1) is 14.8. The third-order valence-corrected chi connectivity index (χ3v) is 4.87. The molecule has 0 aromatic heterocycles. The van der Waals surface area contributed by atoms with E-state index in [0.29, 0.717) is 0 Å². The first-order valence-corrected chi connectivity index (χ1v) is 9.47. The fraction of sp³-hybridized carbons (Fsp3) is 0.167. The lowest BCUT2D eigenvalue weighted by atomic mass is 9.84. The van der Waals surface area contributed by atoms with Crippen LogP contribution in [0.15, 0.2) is 84.9 Å². The van der Waals surface area contributed by atoms with Gasteiger partial charge in [0.05, 0.1) is 12.7 Å². The van der Waals surface area contributed by atoms with Crippen LogP contribution in [0.4, 0.5) is 13.2 Å². The van der Waals surface area contributed by atoms with Gasteiger partial charge in [-0.15, -0.1) is 0 Å². The number of rotatable bonds is 6. The largest absolute Gasteiger partial charge is 0.467 e. The molecular weight excluding hydrogens is 407 g/mol. The van der Waals surface area contributed by atoms with E-state index in [4.69, 9.17) is 4.74 Å². The number of benzene rings is 3. The number of alkyl halides is 3. The highest BCUT2D eigenvalue weighted by molar-refractivity contribution is 5.97. The SMILES string of the molecule is COC(=O)[C@H](NC(=O)c1ccc(C(F)(F)F)cc1)C(c1ccccc1)c1ccccc1. The number of ether oxygens (including phenoxy) is 1. The molecule has 0 unspecified atom stereocenters. The van der Waals surface area contributed by atoms with Crippen molar-refractivity contribution in [1.82, 2.24) is 5.32 Å². The summed E-state index contributed by atoms with van der Waals surface area (Å²) in [5.74, 6) is -1.91. The first-order valence-electron chi connectivity index (χ1n) is 9.47. The first kappa shape index (κ1) is 22.1. The predicted molar refractivity (Wildman–Crippen MR) is 109 cm³/mol. The van der Waals surface area contributed by atoms with E-state index >= 15 is 0 Å². The fourth-order valence-electron chi connectivity index (χ4n) is 3.34. The maximum atomic E-state index is 12.8. The Hall–Kier alpha value is -3.61. The molecule has 1 amide bonds. The maximum absolute atomic E-state index is 12.8. The highest BCUT2D eigenvalue weighted by Gasteiger charge is 2.34. The summed E-state index contributed by atoms with van der Waals surface area (Å²) >= 11 is 0. The van der Waals surface area contributed by atoms with Gasteiger partial charge in [-0.2, -0.15) is 13.2 Å². The van der Waals surface area contributed by atoms with Gasteiger partial charge < -0.3 is 10.1 Å². The lowest BCUT2D eigenvalue weighted by Gasteiger charge is -2.27. The van der Waals surface area contributed by atoms with Gasteiger partial charge in [0.2, 0.25) is 0 Å². The van der Waals surface area contributed by atoms with Crippen LogP contribution in [-0.4, -0.2) is 25.0 Å². The zero-order valence-electron chi connectivity index (χ0n) is 16.6. The molecular formula is C24H20F3NO3. The van der Waals surface area contributed by atoms with Gasteiger partial charge in [0.1, 0.15) is 6.04 Å². The van der Waals surface area contributed by atoms with E-state index in [1.54, 1.807) is 0 Å². The molecule has 3 aromatic carbocycles. The van der Waals surface area contributed by atoms with Crippen LogP contribution in [0.1, 0.15) is 33.0 Å². The van der Waals surface area contributed by atoms with E-state index in [9.17, 15) is 22.8 Å². The molecule has 0 heterocycles. The molecule has 3 rings (SSSR count). The highest BCUT2D eigenvalue weighted by Crippen LogP contribution is 2.30. The molecule has 0 spiro atoms. The number of carbonyl (C=O) groups is 2. The number of hydrogen-bond acceptors (Lipinski definition) is 3. The molecule has 31 heavy (non-hydrogen) atoms. The molecule has 0 saturated heterocycles. The molecule has 0 radical (unpaired) electrons. The van der Waals surface area contributed by atoms with Gasteiger partial charge in [0.15, 0.2) is 0 Å². The van der Waals surface area contributed by atoms with Crippen molar-refractivity contribution in [2.75, 3.05) is 7.11 Å². The van der Waals surface area contributed by atoms with Gasteiger partial charge in [0, 0.05) is 11.5 Å². The van der Waals surface area contributed by atoms with Crippen molar-refractivity contribution in [3.05, 3.63) is 107 Å². The molecule has 0 fully saturated rings. The second-order valence-electron chi connectivity index (χ2n) is 6.85. The van der Waals surface area contributed by atoms with Crippen LogP contribution in [0.5, 0.6) is 0 Å². The second-order valence-corrected chi connectivity index (χ2v) is 6.85. The Balaban J connectivity index is 1.96. The van der Waals surface area contributed by atoms with Crippen LogP contribution >= 0.6 is 0 Å². The molecule has 0 saturated carbocycles. The second kappa shape index (κ2) is 9.47. The number of nitrogens with one attached hydrogen (secondary N) is 1. The van der Waals surface area contributed by atoms with E-state index < -0.39 is 35.6 Å². The molecule has 0 aliphatic heterocycles. The predicted octanol–water partition coefficient (Wildman–Crippen LogP) is 4.81. The van der Waals surface area contributed by atoms with Gasteiger partial charge in [-0.3, -0.25) is 4.79 Å². The Labute approximate surface area is 177 Å². The Kier molecular flexibility index (Phi) is 6.74. The molecule has 7 heteroatoms. The van der Waals surface area contributed by atoms with Crippen molar-refractivity contribution in [2.45, 2.75) is 18.1 Å². The Morgan fingerprint density at radius 2 is 1.29 bits per heavy atom. The summed E-state index contributed by atoms with van der Waals surface area (Å²) in [4.78, 5) is 25.5. The number of carbonyl (C=O) groups excluding carboxylic acids is 2. The Bertz CT molecular complexity index is 980. The molecule has 0 aliphatic carbocycles. The van der Waals surface area contributed by atoms with Crippen molar-refractivity contribution >= 4 is 11.9 Å². The average molecular weight is 427 g/mol. The van der Waals surface area contributed by atoms with Crippen molar-refractivity contribution in [2.24, 2.45) is 0 Å². The number of halogens is 3. The number of amides is 1. The Morgan fingerprint density at radius 3 is 1.71 bits per heavy atom. The quantitative estimate of drug-likeness (QED) is 0.575. The average Bonchev–Trinajstić information content (AvgIpc) is 2.79. The highest BCUT2D eigenvalue weighted by atomic mass is 19.4. The van der Waals surface area contributed by atoms with Crippen molar-refractivity contribution < 1.29 is 27.5 Å². The summed E-state index contributed by atoms with van der Waals surface area (Å²) in [5, 5.41) is 2.64. The summed E-state index contributed by atoms with van der Waals surface area (Å²) < 4.78 is 43.3. The van der Waals surface area contributed by atoms with Crippen LogP contribution in [0.25, 0.3) is 0 Å². The van der Waals surface area contributed by atoms with Crippen molar-refractivity contribution in [1.29, 1.82) is 0 Å². The van der Waals surface area contributed by atoms with Gasteiger partial charge in [-0.05, 0) is 35.4 Å². The van der Waals surface area contributed by atoms with Crippen molar-refractivity contribution in [3.63, 3.8) is 0 Å². The zero-order chi connectivity index (χ0) is 22.4. The fourth-order valence-corrected chi connectivity index (χ4v) is 3.34. The summed E-state index contributed by atoms with van der Waals surface area (Å²) in [5.41, 5.74) is 0.690. The lowest BCUT2D eigenvalue weighted by molar-refractivity contribution is -0.143. The van der Waals surface area contributed by atoms with Gasteiger partial charge in [-0.1, -0.05) is 60.7 Å². The molecule has 3 aromatic rings. The minimum absolute atomic E-state index is 0.00164. The molecule has 4 nitrogen and oxygen atoms in total. The van der Waals surface area contributed by atoms with Crippen LogP contribution in [0, 0.1) is 0 Å². The van der Waals surface area contributed by atoms with E-state index in [2.05, 4.69) is 5.32 Å². The molecule has 1 atom stereocenters. The van der Waals surface area contributed by atoms with Crippen LogP contribution in [-0.2, 0) is 15.7 Å². The molecule has 1 N–H and O–H groups in total. The summed E-state index contributed by atoms with van der Waals surface area (Å²) in [6, 6.07) is 21.0. The topological polar surface area (TPSA) is 55.4 Å². The van der Waals surface area contributed by atoms with Crippen molar-refractivity contribution in [3.8, 4) is 0 Å². The molecule has 0 aliphatic rings. The lowest BCUT2D eigenvalue weighted by Crippen LogP contribution is -2.46. The van der Waals surface area contributed by atoms with Crippen LogP contribution in [0.3, 0.4) is 0 Å². The van der Waals surface area contributed by atoms with Crippen LogP contribution in [0.2, 0.25) is 0 Å². The Morgan fingerprint density at radius 1 is 0.806 bits per heavy atom. The normalized spacial score (nSPS) is 12.3. The summed E-state index contributed by atoms with van der Waals surface area (Å²) in [6.07, 6.45) is -4.50. The number of esters is 1. The van der Waals surface area contributed by atoms with Gasteiger partial charge in [0.25, 0.3) is 5.91 Å². The third kappa shape index (κ3) is 5.31. The van der Waals surface area contributed by atoms with Gasteiger partial charge >= 0.3 is 12.1 Å². The summed E-state index contributed by atoms with van der Waals surface area (Å²) in [7, 11) is 1.21. The number of methoxy groups -OCH3 is 1.